The Morgan fingerprint density at radius 2 is 1.67 bits per heavy atom. The number of hydrogen-bond donors (Lipinski definition) is 3. The Hall–Kier alpha value is -4.61. The molecule has 2 aliphatic rings. The maximum atomic E-state index is 12.8. The van der Waals surface area contributed by atoms with Crippen LogP contribution >= 0.6 is 0 Å². The fraction of sp³-hybridized carbons (Fsp3) is 0.417. The maximum Gasteiger partial charge on any atom is 0.471 e. The summed E-state index contributed by atoms with van der Waals surface area (Å²) in [4.78, 5) is 37.4. The average Bonchev–Trinajstić information content (AvgIpc) is 3.05. The van der Waals surface area contributed by atoms with Crippen molar-refractivity contribution in [2.75, 3.05) is 25.0 Å². The fourth-order valence-corrected chi connectivity index (χ4v) is 5.63. The number of nitrogens with one attached hydrogen (secondary N) is 2. The van der Waals surface area contributed by atoms with Crippen LogP contribution in [0.25, 0.3) is 0 Å². The number of carbonyl (C=O) groups is 3. The zero-order chi connectivity index (χ0) is 35.3. The molecule has 0 unspecified atom stereocenters. The van der Waals surface area contributed by atoms with Crippen molar-refractivity contribution in [3.05, 3.63) is 101 Å². The first kappa shape index (κ1) is 37.8. The van der Waals surface area contributed by atoms with Gasteiger partial charge in [0, 0.05) is 50.2 Å². The molecule has 0 bridgehead atoms. The molecule has 1 saturated heterocycles. The van der Waals surface area contributed by atoms with Gasteiger partial charge in [-0.2, -0.15) is 13.2 Å². The number of fused-ring (bicyclic) bond motifs is 1. The number of piperidine rings is 1. The van der Waals surface area contributed by atoms with Gasteiger partial charge >= 0.3 is 18.1 Å². The third kappa shape index (κ3) is 11.9. The lowest BCUT2D eigenvalue weighted by Gasteiger charge is -2.30. The van der Waals surface area contributed by atoms with Crippen LogP contribution in [0, 0.1) is 5.82 Å². The van der Waals surface area contributed by atoms with Crippen molar-refractivity contribution in [2.24, 2.45) is 5.73 Å². The average molecular weight is 672 g/mol. The molecule has 2 aromatic carbocycles. The second-order valence-corrected chi connectivity index (χ2v) is 11.8. The highest BCUT2D eigenvalue weighted by atomic mass is 19.4. The minimum atomic E-state index is -4.89. The lowest BCUT2D eigenvalue weighted by Crippen LogP contribution is -2.43. The van der Waals surface area contributed by atoms with Crippen LogP contribution in [0.5, 0.6) is 0 Å². The molecule has 4 amide bonds. The molecule has 0 aliphatic carbocycles. The smallest absolute Gasteiger partial charge is 0.365 e. The van der Waals surface area contributed by atoms with E-state index >= 15 is 0 Å². The van der Waals surface area contributed by atoms with Crippen molar-refractivity contribution in [1.29, 1.82) is 0 Å². The highest BCUT2D eigenvalue weighted by molar-refractivity contribution is 5.91. The number of nitrogens with two attached hydrogens (primary N) is 1. The van der Waals surface area contributed by atoms with Gasteiger partial charge in [0.05, 0.1) is 0 Å². The molecule has 4 N–H and O–H groups in total. The minimum absolute atomic E-state index is 0.0259. The number of allylic oxidation sites excluding steroid dienone is 5. The predicted octanol–water partition coefficient (Wildman–Crippen LogP) is 7.30. The minimum Gasteiger partial charge on any atom is -0.365 e. The topological polar surface area (TPSA) is 108 Å². The van der Waals surface area contributed by atoms with Gasteiger partial charge in [-0.15, -0.1) is 0 Å². The molecule has 260 valence electrons. The summed E-state index contributed by atoms with van der Waals surface area (Å²) in [6.07, 6.45) is 6.75. The Morgan fingerprint density at radius 3 is 2.27 bits per heavy atom. The van der Waals surface area contributed by atoms with E-state index in [0.717, 1.165) is 46.6 Å². The standard InChI is InChI=1S/C24H30F3N3O2.C12H15FN2O/c1-4-6-17(3)28-15-18(7-5-2)8-11-22(31)29-21-10-9-19-12-13-30(16-20(19)14-21)23(32)24(25,26)27;13-11-3-1-9(2-4-11)10-5-7-15(8-6-10)12(14)16/h5-7,9-10,14-15,28H,4,8,11-13,16H2,1-3H3,(H,29,31);1-4,10H,5-8H2,(H2,14,16)/b7-5+,17-6+,18-15+;. The normalized spacial score (nSPS) is 15.8. The van der Waals surface area contributed by atoms with Gasteiger partial charge in [0.1, 0.15) is 5.82 Å². The molecule has 0 spiro atoms. The second kappa shape index (κ2) is 18.1. The van der Waals surface area contributed by atoms with Gasteiger partial charge < -0.3 is 26.2 Å². The quantitative estimate of drug-likeness (QED) is 0.192. The Labute approximate surface area is 279 Å². The molecular weight excluding hydrogens is 626 g/mol. The summed E-state index contributed by atoms with van der Waals surface area (Å²) in [5, 5.41) is 6.00. The van der Waals surface area contributed by atoms with Crippen molar-refractivity contribution in [3.63, 3.8) is 0 Å². The number of primary amides is 1. The molecule has 0 aromatic heterocycles. The largest absolute Gasteiger partial charge is 0.471 e. The van der Waals surface area contributed by atoms with Crippen LogP contribution in [-0.2, 0) is 22.6 Å². The second-order valence-electron chi connectivity index (χ2n) is 11.8. The molecule has 2 aromatic rings. The van der Waals surface area contributed by atoms with Gasteiger partial charge in [0.25, 0.3) is 0 Å². The van der Waals surface area contributed by atoms with E-state index < -0.39 is 12.1 Å². The molecule has 1 fully saturated rings. The third-order valence-electron chi connectivity index (χ3n) is 8.20. The van der Waals surface area contributed by atoms with E-state index in [9.17, 15) is 31.9 Å². The van der Waals surface area contributed by atoms with E-state index in [1.54, 1.807) is 23.1 Å². The lowest BCUT2D eigenvalue weighted by molar-refractivity contribution is -0.186. The number of anilines is 1. The summed E-state index contributed by atoms with van der Waals surface area (Å²) in [7, 11) is 0. The zero-order valence-electron chi connectivity index (χ0n) is 27.7. The molecule has 2 aliphatic heterocycles. The van der Waals surface area contributed by atoms with E-state index in [-0.39, 0.29) is 37.3 Å². The summed E-state index contributed by atoms with van der Waals surface area (Å²) < 4.78 is 51.0. The van der Waals surface area contributed by atoms with Gasteiger partial charge in [-0.1, -0.05) is 43.4 Å². The van der Waals surface area contributed by atoms with Crippen LogP contribution in [-0.4, -0.2) is 53.5 Å². The highest BCUT2D eigenvalue weighted by Crippen LogP contribution is 2.28. The summed E-state index contributed by atoms with van der Waals surface area (Å²) in [5.41, 5.74) is 10.4. The van der Waals surface area contributed by atoms with Gasteiger partial charge in [-0.25, -0.2) is 9.18 Å². The number of hydrogen-bond acceptors (Lipinski definition) is 4. The van der Waals surface area contributed by atoms with Crippen molar-refractivity contribution in [2.45, 2.75) is 77.9 Å². The summed E-state index contributed by atoms with van der Waals surface area (Å²) >= 11 is 0. The Balaban J connectivity index is 0.000000324. The van der Waals surface area contributed by atoms with Gasteiger partial charge in [0.15, 0.2) is 0 Å². The first-order chi connectivity index (χ1) is 22.8. The van der Waals surface area contributed by atoms with Gasteiger partial charge in [-0.05, 0) is 98.4 Å². The summed E-state index contributed by atoms with van der Waals surface area (Å²) in [6, 6.07) is 11.4. The Kier molecular flexibility index (Phi) is 14.2. The van der Waals surface area contributed by atoms with Gasteiger partial charge in [0.2, 0.25) is 5.91 Å². The van der Waals surface area contributed by atoms with E-state index in [2.05, 4.69) is 23.6 Å². The Bertz CT molecular complexity index is 1490. The predicted molar refractivity (Wildman–Crippen MR) is 179 cm³/mol. The van der Waals surface area contributed by atoms with Crippen LogP contribution in [0.2, 0.25) is 0 Å². The van der Waals surface area contributed by atoms with Crippen LogP contribution in [0.4, 0.5) is 28.0 Å². The van der Waals surface area contributed by atoms with E-state index in [4.69, 9.17) is 5.73 Å². The highest BCUT2D eigenvalue weighted by Gasteiger charge is 2.43. The van der Waals surface area contributed by atoms with Crippen molar-refractivity contribution >= 4 is 23.5 Å². The number of rotatable bonds is 9. The number of likely N-dealkylation sites (tertiary alicyclic amines) is 1. The first-order valence-electron chi connectivity index (χ1n) is 16.1. The molecular formula is C36H45F4N5O3. The number of alkyl halides is 3. The van der Waals surface area contributed by atoms with Crippen molar-refractivity contribution < 1.29 is 31.9 Å². The zero-order valence-corrected chi connectivity index (χ0v) is 27.7. The summed E-state index contributed by atoms with van der Waals surface area (Å²) in [6.45, 7) is 7.22. The van der Waals surface area contributed by atoms with Crippen LogP contribution in [0.15, 0.2) is 78.2 Å². The summed E-state index contributed by atoms with van der Waals surface area (Å²) in [5.74, 6) is -1.83. The Morgan fingerprint density at radius 1 is 0.979 bits per heavy atom. The third-order valence-corrected chi connectivity index (χ3v) is 8.20. The molecule has 0 radical (unpaired) electrons. The lowest BCUT2D eigenvalue weighted by atomic mass is 9.89. The van der Waals surface area contributed by atoms with Crippen LogP contribution in [0.3, 0.4) is 0 Å². The molecule has 0 saturated carbocycles. The number of amides is 4. The SMILES string of the molecule is C/C=C/C(=C\N/C(C)=C/CC)CCC(=O)Nc1ccc2c(c1)CN(C(=O)C(F)(F)F)CC2.NC(=O)N1CCC(c2ccc(F)cc2)CC1. The number of benzene rings is 2. The number of halogens is 4. The molecule has 4 rings (SSSR count). The van der Waals surface area contributed by atoms with Crippen LogP contribution in [0.1, 0.15) is 75.5 Å². The first-order valence-corrected chi connectivity index (χ1v) is 16.1. The molecule has 0 atom stereocenters. The molecule has 2 heterocycles. The van der Waals surface area contributed by atoms with Crippen LogP contribution < -0.4 is 16.4 Å². The van der Waals surface area contributed by atoms with Gasteiger partial charge in [-0.3, -0.25) is 9.59 Å². The number of carbonyl (C=O) groups excluding carboxylic acids is 3. The van der Waals surface area contributed by atoms with Crippen molar-refractivity contribution in [3.8, 4) is 0 Å². The fourth-order valence-electron chi connectivity index (χ4n) is 5.63. The van der Waals surface area contributed by atoms with Crippen molar-refractivity contribution in [1.82, 2.24) is 15.1 Å². The molecule has 48 heavy (non-hydrogen) atoms. The monoisotopic (exact) mass is 671 g/mol. The van der Waals surface area contributed by atoms with E-state index in [1.165, 1.54) is 12.1 Å². The maximum absolute atomic E-state index is 12.8. The molecule has 12 heteroatoms. The van der Waals surface area contributed by atoms with E-state index in [1.807, 2.05) is 44.3 Å². The number of nitrogens with zero attached hydrogens (tertiary/aromatic N) is 2. The number of urea groups is 1. The van der Waals surface area contributed by atoms with E-state index in [0.29, 0.717) is 43.1 Å². The molecule has 8 nitrogen and oxygen atoms in total.